The lowest BCUT2D eigenvalue weighted by Crippen LogP contribution is -1.87. The summed E-state index contributed by atoms with van der Waals surface area (Å²) in [5.41, 5.74) is 0.649. The zero-order chi connectivity index (χ0) is 7.56. The molecule has 54 valence electrons. The molecule has 0 saturated heterocycles. The highest BCUT2D eigenvalue weighted by Crippen LogP contribution is 2.19. The fourth-order valence-corrected chi connectivity index (χ4v) is 1.93. The Hall–Kier alpha value is -0.350. The van der Waals surface area contributed by atoms with Crippen molar-refractivity contribution in [1.82, 2.24) is 0 Å². The Bertz CT molecular complexity index is 256. The van der Waals surface area contributed by atoms with Crippen molar-refractivity contribution in [2.75, 3.05) is 0 Å². The summed E-state index contributed by atoms with van der Waals surface area (Å²) in [5.74, 6) is 0. The third-order valence-corrected chi connectivity index (χ3v) is 2.87. The van der Waals surface area contributed by atoms with Gasteiger partial charge >= 0.3 is 0 Å². The van der Waals surface area contributed by atoms with E-state index in [2.05, 4.69) is 21.1 Å². The predicted octanol–water partition coefficient (Wildman–Crippen LogP) is 2.71. The highest BCUT2D eigenvalue weighted by molar-refractivity contribution is 9.10. The van der Waals surface area contributed by atoms with Gasteiger partial charge in [-0.25, -0.2) is 0 Å². The number of nitrogens with zero attached hydrogens (tertiary/aromatic N) is 1. The van der Waals surface area contributed by atoms with Crippen molar-refractivity contribution < 1.29 is 5.21 Å². The van der Waals surface area contributed by atoms with Crippen LogP contribution in [0, 0.1) is 0 Å². The highest BCUT2D eigenvalue weighted by atomic mass is 79.9. The molecule has 1 heterocycles. The fourth-order valence-electron chi connectivity index (χ4n) is 0.552. The summed E-state index contributed by atoms with van der Waals surface area (Å²) in [6.07, 6.45) is 0. The van der Waals surface area contributed by atoms with E-state index >= 15 is 0 Å². The third-order valence-electron chi connectivity index (χ3n) is 1.07. The Morgan fingerprint density at radius 3 is 2.90 bits per heavy atom. The van der Waals surface area contributed by atoms with Crippen LogP contribution in [0.4, 0.5) is 0 Å². The van der Waals surface area contributed by atoms with Gasteiger partial charge in [-0.1, -0.05) is 5.16 Å². The van der Waals surface area contributed by atoms with Crippen LogP contribution in [0.2, 0.25) is 0 Å². The summed E-state index contributed by atoms with van der Waals surface area (Å²) in [7, 11) is 0. The molecule has 0 aliphatic rings. The molecule has 1 N–H and O–H groups in total. The fraction of sp³-hybridized carbons (Fsp3) is 0.167. The van der Waals surface area contributed by atoms with Crippen molar-refractivity contribution in [3.05, 3.63) is 20.8 Å². The molecule has 4 heteroatoms. The van der Waals surface area contributed by atoms with Crippen molar-refractivity contribution in [1.29, 1.82) is 0 Å². The molecule has 10 heavy (non-hydrogen) atoms. The van der Waals surface area contributed by atoms with Crippen LogP contribution >= 0.6 is 27.3 Å². The van der Waals surface area contributed by atoms with E-state index in [1.165, 1.54) is 0 Å². The SMILES string of the molecule is C/C(=N\O)c1cc(Br)cs1. The van der Waals surface area contributed by atoms with Gasteiger partial charge in [0.1, 0.15) is 0 Å². The lowest BCUT2D eigenvalue weighted by molar-refractivity contribution is 0.319. The molecule has 1 rings (SSSR count). The van der Waals surface area contributed by atoms with Crippen molar-refractivity contribution in [2.24, 2.45) is 5.16 Å². The van der Waals surface area contributed by atoms with E-state index < -0.39 is 0 Å². The minimum atomic E-state index is 0.649. The number of oxime groups is 1. The van der Waals surface area contributed by atoms with Gasteiger partial charge in [0.05, 0.1) is 10.6 Å². The quantitative estimate of drug-likeness (QED) is 0.440. The maximum Gasteiger partial charge on any atom is 0.0936 e. The number of hydrogen-bond donors (Lipinski definition) is 1. The summed E-state index contributed by atoms with van der Waals surface area (Å²) in [6.45, 7) is 1.76. The van der Waals surface area contributed by atoms with Gasteiger partial charge in [-0.15, -0.1) is 11.3 Å². The van der Waals surface area contributed by atoms with Gasteiger partial charge < -0.3 is 5.21 Å². The Kier molecular flexibility index (Phi) is 2.45. The number of thiophene rings is 1. The molecule has 0 aliphatic carbocycles. The smallest absolute Gasteiger partial charge is 0.0936 e. The Balaban J connectivity index is 2.95. The molecule has 0 radical (unpaired) electrons. The van der Waals surface area contributed by atoms with Crippen LogP contribution in [-0.4, -0.2) is 10.9 Å². The molecular weight excluding hydrogens is 214 g/mol. The second-order valence-corrected chi connectivity index (χ2v) is 3.64. The molecule has 2 nitrogen and oxygen atoms in total. The molecule has 0 amide bonds. The lowest BCUT2D eigenvalue weighted by atomic mass is 10.3. The van der Waals surface area contributed by atoms with E-state index in [0.717, 1.165) is 9.35 Å². The molecular formula is C6H6BrNOS. The monoisotopic (exact) mass is 219 g/mol. The molecule has 1 aromatic rings. The minimum Gasteiger partial charge on any atom is -0.411 e. The Morgan fingerprint density at radius 2 is 2.50 bits per heavy atom. The van der Waals surface area contributed by atoms with Gasteiger partial charge in [0.15, 0.2) is 0 Å². The van der Waals surface area contributed by atoms with Gasteiger partial charge in [-0.2, -0.15) is 0 Å². The molecule has 0 aromatic carbocycles. The molecule has 0 fully saturated rings. The summed E-state index contributed by atoms with van der Waals surface area (Å²) in [6, 6.07) is 1.92. The first-order valence-corrected chi connectivity index (χ1v) is 4.34. The summed E-state index contributed by atoms with van der Waals surface area (Å²) in [5, 5.41) is 13.4. The molecule has 0 spiro atoms. The number of hydrogen-bond acceptors (Lipinski definition) is 3. The van der Waals surface area contributed by atoms with Crippen LogP contribution in [0.15, 0.2) is 21.1 Å². The van der Waals surface area contributed by atoms with Gasteiger partial charge in [0, 0.05) is 9.85 Å². The minimum absolute atomic E-state index is 0.649. The average Bonchev–Trinajstić information content (AvgIpc) is 2.34. The zero-order valence-corrected chi connectivity index (χ0v) is 7.74. The highest BCUT2D eigenvalue weighted by Gasteiger charge is 1.99. The van der Waals surface area contributed by atoms with Gasteiger partial charge in [0.25, 0.3) is 0 Å². The van der Waals surface area contributed by atoms with E-state index in [4.69, 9.17) is 5.21 Å². The summed E-state index contributed by atoms with van der Waals surface area (Å²) < 4.78 is 1.02. The van der Waals surface area contributed by atoms with Crippen LogP contribution in [0.3, 0.4) is 0 Å². The van der Waals surface area contributed by atoms with E-state index in [1.807, 2.05) is 11.4 Å². The van der Waals surface area contributed by atoms with Gasteiger partial charge in [-0.05, 0) is 28.9 Å². The molecule has 0 saturated carbocycles. The standard InChI is InChI=1S/C6H6BrNOS/c1-4(8-9)6-2-5(7)3-10-6/h2-3,9H,1H3/b8-4+. The number of rotatable bonds is 1. The normalized spacial score (nSPS) is 12.0. The van der Waals surface area contributed by atoms with E-state index in [0.29, 0.717) is 5.71 Å². The lowest BCUT2D eigenvalue weighted by Gasteiger charge is -1.87. The van der Waals surface area contributed by atoms with Crippen LogP contribution in [-0.2, 0) is 0 Å². The third kappa shape index (κ3) is 1.58. The number of halogens is 1. The summed E-state index contributed by atoms with van der Waals surface area (Å²) >= 11 is 4.85. The molecule has 0 aliphatic heterocycles. The molecule has 1 aromatic heterocycles. The van der Waals surface area contributed by atoms with Crippen LogP contribution in [0.5, 0.6) is 0 Å². The Morgan fingerprint density at radius 1 is 1.80 bits per heavy atom. The first-order valence-electron chi connectivity index (χ1n) is 2.67. The molecule has 0 unspecified atom stereocenters. The molecule has 0 bridgehead atoms. The van der Waals surface area contributed by atoms with Crippen molar-refractivity contribution in [2.45, 2.75) is 6.92 Å². The van der Waals surface area contributed by atoms with Gasteiger partial charge in [-0.3, -0.25) is 0 Å². The maximum atomic E-state index is 8.38. The van der Waals surface area contributed by atoms with Crippen molar-refractivity contribution in [3.63, 3.8) is 0 Å². The zero-order valence-electron chi connectivity index (χ0n) is 5.34. The Labute approximate surface area is 71.3 Å². The topological polar surface area (TPSA) is 32.6 Å². The van der Waals surface area contributed by atoms with E-state index in [9.17, 15) is 0 Å². The molecule has 0 atom stereocenters. The first-order chi connectivity index (χ1) is 4.74. The second-order valence-electron chi connectivity index (χ2n) is 1.81. The van der Waals surface area contributed by atoms with Gasteiger partial charge in [0.2, 0.25) is 0 Å². The summed E-state index contributed by atoms with van der Waals surface area (Å²) in [4.78, 5) is 0.981. The van der Waals surface area contributed by atoms with Crippen molar-refractivity contribution >= 4 is 33.0 Å². The van der Waals surface area contributed by atoms with Crippen LogP contribution in [0.25, 0.3) is 0 Å². The van der Waals surface area contributed by atoms with Crippen LogP contribution in [0.1, 0.15) is 11.8 Å². The maximum absolute atomic E-state index is 8.38. The predicted molar refractivity (Wildman–Crippen MR) is 46.0 cm³/mol. The second kappa shape index (κ2) is 3.16. The van der Waals surface area contributed by atoms with E-state index in [-0.39, 0.29) is 0 Å². The van der Waals surface area contributed by atoms with Crippen molar-refractivity contribution in [3.8, 4) is 0 Å². The first kappa shape index (κ1) is 7.75. The largest absolute Gasteiger partial charge is 0.411 e. The average molecular weight is 220 g/mol. The van der Waals surface area contributed by atoms with E-state index in [1.54, 1.807) is 18.3 Å². The van der Waals surface area contributed by atoms with Crippen LogP contribution < -0.4 is 0 Å².